The van der Waals surface area contributed by atoms with Crippen molar-refractivity contribution in [2.24, 2.45) is 0 Å². The summed E-state index contributed by atoms with van der Waals surface area (Å²) in [5, 5.41) is 11.7. The molecule has 0 saturated carbocycles. The molecule has 0 amide bonds. The number of nitrogens with zero attached hydrogens (tertiary/aromatic N) is 3. The Balaban J connectivity index is 2.23. The molecule has 0 atom stereocenters. The van der Waals surface area contributed by atoms with Crippen LogP contribution in [-0.2, 0) is 4.74 Å². The molecule has 120 valence electrons. The summed E-state index contributed by atoms with van der Waals surface area (Å²) in [5.74, 6) is 0.321. The van der Waals surface area contributed by atoms with Gasteiger partial charge in [-0.2, -0.15) is 0 Å². The zero-order valence-corrected chi connectivity index (χ0v) is 14.0. The number of aromatic nitrogens is 4. The first-order chi connectivity index (χ1) is 10.9. The molecule has 1 N–H and O–H groups in total. The summed E-state index contributed by atoms with van der Waals surface area (Å²) >= 11 is 0. The van der Waals surface area contributed by atoms with Crippen molar-refractivity contribution < 1.29 is 9.53 Å². The maximum atomic E-state index is 12.1. The lowest BCUT2D eigenvalue weighted by Crippen LogP contribution is -2.05. The second kappa shape index (κ2) is 5.53. The molecule has 2 heterocycles. The molecule has 1 aromatic carbocycles. The van der Waals surface area contributed by atoms with E-state index in [1.54, 1.807) is 11.4 Å². The number of ether oxygens (including phenoxy) is 1. The molecule has 6 heteroatoms. The Morgan fingerprint density at radius 1 is 1.17 bits per heavy atom. The van der Waals surface area contributed by atoms with Crippen molar-refractivity contribution in [1.82, 2.24) is 19.8 Å². The topological polar surface area (TPSA) is 72.3 Å². The smallest absolute Gasteiger partial charge is 0.343 e. The number of H-pyrrole nitrogens is 1. The minimum atomic E-state index is -0.382. The van der Waals surface area contributed by atoms with Gasteiger partial charge >= 0.3 is 5.97 Å². The van der Waals surface area contributed by atoms with E-state index < -0.39 is 0 Å². The number of aryl methyl sites for hydroxylation is 4. The minimum Gasteiger partial charge on any atom is -0.462 e. The molecule has 0 aliphatic carbocycles. The number of esters is 1. The van der Waals surface area contributed by atoms with Crippen LogP contribution in [0.25, 0.3) is 17.0 Å². The molecule has 0 aliphatic rings. The summed E-state index contributed by atoms with van der Waals surface area (Å²) in [7, 11) is 0. The summed E-state index contributed by atoms with van der Waals surface area (Å²) < 4.78 is 6.87. The predicted octanol–water partition coefficient (Wildman–Crippen LogP) is 3.13. The summed E-state index contributed by atoms with van der Waals surface area (Å²) in [6.07, 6.45) is 0. The molecule has 23 heavy (non-hydrogen) atoms. The van der Waals surface area contributed by atoms with E-state index in [9.17, 15) is 4.79 Å². The lowest BCUT2D eigenvalue weighted by molar-refractivity contribution is 0.0527. The highest BCUT2D eigenvalue weighted by Crippen LogP contribution is 2.28. The highest BCUT2D eigenvalue weighted by molar-refractivity contribution is 5.97. The van der Waals surface area contributed by atoms with Crippen LogP contribution < -0.4 is 0 Å². The normalized spacial score (nSPS) is 11.2. The van der Waals surface area contributed by atoms with E-state index in [1.807, 2.05) is 6.92 Å². The van der Waals surface area contributed by atoms with Gasteiger partial charge in [0, 0.05) is 11.3 Å². The number of carbonyl (C=O) groups is 1. The number of rotatable bonds is 3. The van der Waals surface area contributed by atoms with Crippen LogP contribution in [0.1, 0.15) is 39.7 Å². The van der Waals surface area contributed by atoms with Gasteiger partial charge in [-0.05, 0) is 45.7 Å². The van der Waals surface area contributed by atoms with Crippen molar-refractivity contribution in [2.45, 2.75) is 34.6 Å². The van der Waals surface area contributed by atoms with Crippen molar-refractivity contribution in [2.75, 3.05) is 6.61 Å². The molecule has 0 unspecified atom stereocenters. The number of benzene rings is 1. The quantitative estimate of drug-likeness (QED) is 0.754. The fourth-order valence-corrected chi connectivity index (χ4v) is 3.09. The van der Waals surface area contributed by atoms with Crippen molar-refractivity contribution in [3.05, 3.63) is 40.1 Å². The van der Waals surface area contributed by atoms with Gasteiger partial charge in [0.05, 0.1) is 6.61 Å². The molecule has 6 nitrogen and oxygen atoms in total. The Hall–Kier alpha value is -2.63. The van der Waals surface area contributed by atoms with Crippen LogP contribution in [0.3, 0.4) is 0 Å². The first-order valence-electron chi connectivity index (χ1n) is 7.63. The number of fused-ring (bicyclic) bond motifs is 1. The average Bonchev–Trinajstić information content (AvgIpc) is 2.96. The van der Waals surface area contributed by atoms with Gasteiger partial charge in [0.15, 0.2) is 11.5 Å². The highest BCUT2D eigenvalue weighted by Gasteiger charge is 2.23. The molecule has 0 spiro atoms. The van der Waals surface area contributed by atoms with Crippen LogP contribution >= 0.6 is 0 Å². The Kier molecular flexibility index (Phi) is 3.67. The number of aromatic amines is 1. The molecular weight excluding hydrogens is 292 g/mol. The Morgan fingerprint density at radius 2 is 1.83 bits per heavy atom. The first kappa shape index (κ1) is 15.3. The van der Waals surface area contributed by atoms with Gasteiger partial charge in [0.25, 0.3) is 0 Å². The maximum absolute atomic E-state index is 12.1. The van der Waals surface area contributed by atoms with Crippen LogP contribution in [-0.4, -0.2) is 32.4 Å². The van der Waals surface area contributed by atoms with E-state index in [-0.39, 0.29) is 5.97 Å². The number of hydrogen-bond donors (Lipinski definition) is 1. The second-order valence-corrected chi connectivity index (χ2v) is 5.79. The molecule has 0 bridgehead atoms. The first-order valence-corrected chi connectivity index (χ1v) is 7.63. The van der Waals surface area contributed by atoms with E-state index in [1.165, 1.54) is 5.56 Å². The van der Waals surface area contributed by atoms with Gasteiger partial charge in [-0.3, -0.25) is 5.10 Å². The minimum absolute atomic E-state index is 0.326. The fourth-order valence-electron chi connectivity index (χ4n) is 3.09. The summed E-state index contributed by atoms with van der Waals surface area (Å²) in [6, 6.07) is 4.23. The lowest BCUT2D eigenvalue weighted by Gasteiger charge is -2.08. The van der Waals surface area contributed by atoms with E-state index in [4.69, 9.17) is 4.74 Å². The van der Waals surface area contributed by atoms with Gasteiger partial charge in [-0.1, -0.05) is 17.7 Å². The predicted molar refractivity (Wildman–Crippen MR) is 87.7 cm³/mol. The molecular formula is C17H20N4O2. The molecule has 3 aromatic rings. The third kappa shape index (κ3) is 2.40. The van der Waals surface area contributed by atoms with E-state index in [0.29, 0.717) is 23.6 Å². The summed E-state index contributed by atoms with van der Waals surface area (Å²) in [4.78, 5) is 12.1. The summed E-state index contributed by atoms with van der Waals surface area (Å²) in [6.45, 7) is 10.1. The van der Waals surface area contributed by atoms with Crippen molar-refractivity contribution in [1.29, 1.82) is 0 Å². The van der Waals surface area contributed by atoms with Gasteiger partial charge < -0.3 is 4.74 Å². The number of hydrogen-bond acceptors (Lipinski definition) is 4. The molecule has 0 radical (unpaired) electrons. The van der Waals surface area contributed by atoms with E-state index in [0.717, 1.165) is 22.4 Å². The van der Waals surface area contributed by atoms with E-state index >= 15 is 0 Å². The van der Waals surface area contributed by atoms with Gasteiger partial charge in [0.1, 0.15) is 5.56 Å². The zero-order valence-electron chi connectivity index (χ0n) is 14.0. The third-order valence-electron chi connectivity index (χ3n) is 3.92. The van der Waals surface area contributed by atoms with Gasteiger partial charge in [0.2, 0.25) is 0 Å². The molecule has 3 rings (SSSR count). The SMILES string of the molecule is CCOC(=O)c1c(C)[nH]n2c(-c3c(C)cc(C)cc3C)nnc12. The van der Waals surface area contributed by atoms with Crippen molar-refractivity contribution >= 4 is 11.6 Å². The largest absolute Gasteiger partial charge is 0.462 e. The number of carbonyl (C=O) groups excluding carboxylic acids is 1. The second-order valence-electron chi connectivity index (χ2n) is 5.79. The van der Waals surface area contributed by atoms with E-state index in [2.05, 4.69) is 48.2 Å². The molecule has 0 fully saturated rings. The van der Waals surface area contributed by atoms with Gasteiger partial charge in [-0.15, -0.1) is 10.2 Å². The maximum Gasteiger partial charge on any atom is 0.343 e. The Bertz CT molecular complexity index is 882. The lowest BCUT2D eigenvalue weighted by atomic mass is 9.99. The fraction of sp³-hybridized carbons (Fsp3) is 0.353. The monoisotopic (exact) mass is 312 g/mol. The highest BCUT2D eigenvalue weighted by atomic mass is 16.5. The molecule has 2 aromatic heterocycles. The Labute approximate surface area is 134 Å². The van der Waals surface area contributed by atoms with Crippen LogP contribution in [0.4, 0.5) is 0 Å². The zero-order chi connectivity index (χ0) is 16.7. The molecule has 0 aliphatic heterocycles. The Morgan fingerprint density at radius 3 is 2.43 bits per heavy atom. The van der Waals surface area contributed by atoms with Crippen LogP contribution in [0.5, 0.6) is 0 Å². The van der Waals surface area contributed by atoms with Crippen LogP contribution in [0.2, 0.25) is 0 Å². The number of nitrogens with one attached hydrogen (secondary N) is 1. The van der Waals surface area contributed by atoms with Crippen LogP contribution in [0.15, 0.2) is 12.1 Å². The summed E-state index contributed by atoms with van der Waals surface area (Å²) in [5.41, 5.74) is 6.14. The van der Waals surface area contributed by atoms with Crippen LogP contribution in [0, 0.1) is 27.7 Å². The average molecular weight is 312 g/mol. The molecule has 0 saturated heterocycles. The van der Waals surface area contributed by atoms with Crippen molar-refractivity contribution in [3.63, 3.8) is 0 Å². The van der Waals surface area contributed by atoms with Crippen molar-refractivity contribution in [3.8, 4) is 11.4 Å². The van der Waals surface area contributed by atoms with Gasteiger partial charge in [-0.25, -0.2) is 9.31 Å². The standard InChI is InChI=1S/C17H20N4O2/c1-6-23-17(22)14-12(5)20-21-15(18-19-16(14)21)13-10(3)7-9(2)8-11(13)4/h7-8,20H,6H2,1-5H3. The third-order valence-corrected chi connectivity index (χ3v) is 3.92.